The van der Waals surface area contributed by atoms with Crippen LogP contribution in [0, 0.1) is 6.92 Å². The molecule has 0 aliphatic rings. The number of hydrogen-bond acceptors (Lipinski definition) is 4. The van der Waals surface area contributed by atoms with Crippen molar-refractivity contribution in [2.45, 2.75) is 19.9 Å². The van der Waals surface area contributed by atoms with Gasteiger partial charge in [-0.15, -0.1) is 0 Å². The van der Waals surface area contributed by atoms with E-state index in [4.69, 9.17) is 4.74 Å². The lowest BCUT2D eigenvalue weighted by atomic mass is 10.1. The number of benzene rings is 1. The molecule has 0 fully saturated rings. The quantitative estimate of drug-likeness (QED) is 0.749. The maximum Gasteiger partial charge on any atom is 0.269 e. The van der Waals surface area contributed by atoms with Gasteiger partial charge in [-0.3, -0.25) is 14.9 Å². The Morgan fingerprint density at radius 2 is 2.00 bits per heavy atom. The second-order valence-corrected chi connectivity index (χ2v) is 5.80. The number of carbonyl (C=O) groups excluding carboxylic acids is 1. The van der Waals surface area contributed by atoms with Crippen LogP contribution in [0.15, 0.2) is 48.7 Å². The first-order chi connectivity index (χ1) is 12.1. The van der Waals surface area contributed by atoms with Crippen molar-refractivity contribution in [3.63, 3.8) is 0 Å². The summed E-state index contributed by atoms with van der Waals surface area (Å²) in [6, 6.07) is 12.9. The molecule has 0 radical (unpaired) electrons. The Morgan fingerprint density at radius 1 is 1.24 bits per heavy atom. The van der Waals surface area contributed by atoms with Crippen LogP contribution in [0.3, 0.4) is 0 Å². The average molecular weight is 336 g/mol. The molecule has 25 heavy (non-hydrogen) atoms. The molecular weight excluding hydrogens is 316 g/mol. The van der Waals surface area contributed by atoms with Crippen LogP contribution in [0.1, 0.15) is 34.7 Å². The molecule has 3 aromatic rings. The van der Waals surface area contributed by atoms with Crippen molar-refractivity contribution in [1.29, 1.82) is 0 Å². The number of aromatic amines is 1. The van der Waals surface area contributed by atoms with E-state index in [1.54, 1.807) is 19.4 Å². The number of carbonyl (C=O) groups is 1. The summed E-state index contributed by atoms with van der Waals surface area (Å²) in [5, 5.41) is 9.95. The fourth-order valence-corrected chi connectivity index (χ4v) is 2.64. The molecule has 0 spiro atoms. The van der Waals surface area contributed by atoms with E-state index in [1.807, 2.05) is 50.2 Å². The third-order valence-corrected chi connectivity index (χ3v) is 4.02. The number of nitrogens with zero attached hydrogens (tertiary/aromatic N) is 2. The molecule has 0 saturated carbocycles. The number of aryl methyl sites for hydroxylation is 1. The zero-order valence-electron chi connectivity index (χ0n) is 14.4. The molecule has 3 rings (SSSR count). The van der Waals surface area contributed by atoms with Crippen LogP contribution >= 0.6 is 0 Å². The number of H-pyrrole nitrogens is 1. The number of amides is 1. The van der Waals surface area contributed by atoms with Gasteiger partial charge in [0.05, 0.1) is 24.5 Å². The van der Waals surface area contributed by atoms with Gasteiger partial charge in [0, 0.05) is 11.8 Å². The van der Waals surface area contributed by atoms with Gasteiger partial charge in [0.2, 0.25) is 0 Å². The third-order valence-electron chi connectivity index (χ3n) is 4.02. The number of rotatable bonds is 5. The maximum absolute atomic E-state index is 12.5. The molecule has 0 unspecified atom stereocenters. The largest absolute Gasteiger partial charge is 0.497 e. The number of nitrogens with one attached hydrogen (secondary N) is 2. The first kappa shape index (κ1) is 16.7. The molecule has 2 heterocycles. The topological polar surface area (TPSA) is 79.9 Å². The molecule has 1 atom stereocenters. The standard InChI is InChI=1S/C19H20N4O2/c1-12-5-4-10-20-18(12)13(2)21-19(24)17-11-16(22-23-17)14-6-8-15(25-3)9-7-14/h4-11,13H,1-3H3,(H,21,24)(H,22,23)/t13-/m0/s1. The summed E-state index contributed by atoms with van der Waals surface area (Å²) in [7, 11) is 1.62. The minimum Gasteiger partial charge on any atom is -0.497 e. The predicted octanol–water partition coefficient (Wildman–Crippen LogP) is 3.28. The van der Waals surface area contributed by atoms with Crippen LogP contribution in [0.2, 0.25) is 0 Å². The highest BCUT2D eigenvalue weighted by molar-refractivity contribution is 5.93. The van der Waals surface area contributed by atoms with Gasteiger partial charge >= 0.3 is 0 Å². The Kier molecular flexibility index (Phi) is 4.79. The number of hydrogen-bond donors (Lipinski definition) is 2. The summed E-state index contributed by atoms with van der Waals surface area (Å²) in [5.74, 6) is 0.557. The molecule has 6 heteroatoms. The van der Waals surface area contributed by atoms with Crippen molar-refractivity contribution >= 4 is 5.91 Å². The lowest BCUT2D eigenvalue weighted by molar-refractivity contribution is 0.0934. The van der Waals surface area contributed by atoms with Gasteiger partial charge in [-0.05, 0) is 55.8 Å². The molecule has 1 aromatic carbocycles. The van der Waals surface area contributed by atoms with Gasteiger partial charge in [0.25, 0.3) is 5.91 Å². The summed E-state index contributed by atoms with van der Waals surface area (Å²) >= 11 is 0. The zero-order valence-corrected chi connectivity index (χ0v) is 14.4. The van der Waals surface area contributed by atoms with E-state index in [0.29, 0.717) is 11.4 Å². The summed E-state index contributed by atoms with van der Waals surface area (Å²) in [5.41, 5.74) is 3.91. The number of aromatic nitrogens is 3. The van der Waals surface area contributed by atoms with Crippen LogP contribution in [0.4, 0.5) is 0 Å². The monoisotopic (exact) mass is 336 g/mol. The first-order valence-electron chi connectivity index (χ1n) is 8.00. The van der Waals surface area contributed by atoms with Crippen molar-refractivity contribution in [3.05, 3.63) is 65.6 Å². The first-order valence-corrected chi connectivity index (χ1v) is 8.00. The highest BCUT2D eigenvalue weighted by Gasteiger charge is 2.16. The second-order valence-electron chi connectivity index (χ2n) is 5.80. The van der Waals surface area contributed by atoms with Crippen molar-refractivity contribution in [2.75, 3.05) is 7.11 Å². The minimum absolute atomic E-state index is 0.193. The zero-order chi connectivity index (χ0) is 17.8. The van der Waals surface area contributed by atoms with E-state index >= 15 is 0 Å². The van der Waals surface area contributed by atoms with Gasteiger partial charge in [-0.25, -0.2) is 0 Å². The summed E-state index contributed by atoms with van der Waals surface area (Å²) < 4.78 is 5.15. The van der Waals surface area contributed by atoms with E-state index < -0.39 is 0 Å². The Morgan fingerprint density at radius 3 is 2.68 bits per heavy atom. The molecule has 128 valence electrons. The lowest BCUT2D eigenvalue weighted by Crippen LogP contribution is -2.28. The Hall–Kier alpha value is -3.15. The molecular formula is C19H20N4O2. The SMILES string of the molecule is COc1ccc(-c2cc(C(=O)N[C@@H](C)c3ncccc3C)[nH]n2)cc1. The Labute approximate surface area is 146 Å². The molecule has 2 N–H and O–H groups in total. The van der Waals surface area contributed by atoms with Crippen molar-refractivity contribution < 1.29 is 9.53 Å². The molecule has 6 nitrogen and oxygen atoms in total. The molecule has 0 bridgehead atoms. The van der Waals surface area contributed by atoms with Gasteiger partial charge in [0.1, 0.15) is 11.4 Å². The van der Waals surface area contributed by atoms with Crippen LogP contribution in [0.5, 0.6) is 5.75 Å². The average Bonchev–Trinajstić information content (AvgIpc) is 3.12. The Bertz CT molecular complexity index is 871. The number of methoxy groups -OCH3 is 1. The highest BCUT2D eigenvalue weighted by Crippen LogP contribution is 2.21. The summed E-state index contributed by atoms with van der Waals surface area (Å²) in [6.07, 6.45) is 1.73. The number of ether oxygens (including phenoxy) is 1. The number of pyridine rings is 1. The van der Waals surface area contributed by atoms with E-state index in [0.717, 1.165) is 22.6 Å². The van der Waals surface area contributed by atoms with E-state index in [1.165, 1.54) is 0 Å². The van der Waals surface area contributed by atoms with E-state index in [-0.39, 0.29) is 11.9 Å². The third kappa shape index (κ3) is 3.68. The molecule has 1 amide bonds. The van der Waals surface area contributed by atoms with Gasteiger partial charge < -0.3 is 10.1 Å². The molecule has 0 aliphatic heterocycles. The normalized spacial score (nSPS) is 11.8. The minimum atomic E-state index is -0.218. The maximum atomic E-state index is 12.5. The molecule has 0 aliphatic carbocycles. The van der Waals surface area contributed by atoms with Crippen LogP contribution < -0.4 is 10.1 Å². The van der Waals surface area contributed by atoms with Gasteiger partial charge in [-0.2, -0.15) is 5.10 Å². The van der Waals surface area contributed by atoms with Gasteiger partial charge in [-0.1, -0.05) is 6.07 Å². The lowest BCUT2D eigenvalue weighted by Gasteiger charge is -2.14. The predicted molar refractivity (Wildman–Crippen MR) is 95.4 cm³/mol. The molecule has 0 saturated heterocycles. The fourth-order valence-electron chi connectivity index (χ4n) is 2.64. The van der Waals surface area contributed by atoms with Crippen molar-refractivity contribution in [2.24, 2.45) is 0 Å². The van der Waals surface area contributed by atoms with Crippen LogP contribution in [-0.2, 0) is 0 Å². The van der Waals surface area contributed by atoms with Crippen LogP contribution in [0.25, 0.3) is 11.3 Å². The summed E-state index contributed by atoms with van der Waals surface area (Å²) in [6.45, 7) is 3.89. The second kappa shape index (κ2) is 7.17. The van der Waals surface area contributed by atoms with Gasteiger partial charge in [0.15, 0.2) is 0 Å². The fraction of sp³-hybridized carbons (Fsp3) is 0.211. The Balaban J connectivity index is 1.73. The van der Waals surface area contributed by atoms with Crippen molar-refractivity contribution in [1.82, 2.24) is 20.5 Å². The smallest absolute Gasteiger partial charge is 0.269 e. The van der Waals surface area contributed by atoms with E-state index in [9.17, 15) is 4.79 Å². The van der Waals surface area contributed by atoms with E-state index in [2.05, 4.69) is 20.5 Å². The summed E-state index contributed by atoms with van der Waals surface area (Å²) in [4.78, 5) is 16.8. The molecule has 2 aromatic heterocycles. The van der Waals surface area contributed by atoms with Crippen molar-refractivity contribution in [3.8, 4) is 17.0 Å². The van der Waals surface area contributed by atoms with Crippen LogP contribution in [-0.4, -0.2) is 28.2 Å². The highest BCUT2D eigenvalue weighted by atomic mass is 16.5.